The van der Waals surface area contributed by atoms with Crippen molar-refractivity contribution in [2.75, 3.05) is 12.3 Å². The maximum absolute atomic E-state index is 12.9. The van der Waals surface area contributed by atoms with Crippen LogP contribution >= 0.6 is 0 Å². The minimum atomic E-state index is -0.0710. The minimum Gasteiger partial charge on any atom is -0.440 e. The van der Waals surface area contributed by atoms with Crippen LogP contribution < -0.4 is 11.2 Å². The van der Waals surface area contributed by atoms with Gasteiger partial charge in [0.1, 0.15) is 5.58 Å². The monoisotopic (exact) mass is 385 g/mol. The molecule has 4 aromatic rings. The SMILES string of the molecule is Nc1oc2ccccc2c(=O)c1CN1CCc2nc(-c3cccnc3)ncc2C1. The maximum atomic E-state index is 12.9. The Balaban J connectivity index is 1.41. The first kappa shape index (κ1) is 17.5. The first-order valence-electron chi connectivity index (χ1n) is 9.47. The lowest BCUT2D eigenvalue weighted by Crippen LogP contribution is -2.33. The van der Waals surface area contributed by atoms with Crippen LogP contribution in [0, 0.1) is 0 Å². The summed E-state index contributed by atoms with van der Waals surface area (Å²) < 4.78 is 5.67. The van der Waals surface area contributed by atoms with Crippen LogP contribution in [-0.2, 0) is 19.5 Å². The number of para-hydroxylation sites is 1. The van der Waals surface area contributed by atoms with Crippen LogP contribution in [0.25, 0.3) is 22.4 Å². The van der Waals surface area contributed by atoms with Crippen LogP contribution in [0.4, 0.5) is 5.88 Å². The molecule has 0 radical (unpaired) electrons. The fraction of sp³-hybridized carbons (Fsp3) is 0.182. The smallest absolute Gasteiger partial charge is 0.199 e. The Morgan fingerprint density at radius 1 is 1.14 bits per heavy atom. The number of nitrogens with zero attached hydrogens (tertiary/aromatic N) is 4. The zero-order chi connectivity index (χ0) is 19.8. The number of anilines is 1. The second kappa shape index (κ2) is 7.10. The molecule has 0 fully saturated rings. The summed E-state index contributed by atoms with van der Waals surface area (Å²) >= 11 is 0. The second-order valence-electron chi connectivity index (χ2n) is 7.14. The van der Waals surface area contributed by atoms with Gasteiger partial charge in [0.25, 0.3) is 0 Å². The van der Waals surface area contributed by atoms with Gasteiger partial charge in [-0.2, -0.15) is 0 Å². The largest absolute Gasteiger partial charge is 0.440 e. The highest BCUT2D eigenvalue weighted by Crippen LogP contribution is 2.23. The van der Waals surface area contributed by atoms with Crippen molar-refractivity contribution in [1.29, 1.82) is 0 Å². The second-order valence-corrected chi connectivity index (χ2v) is 7.14. The van der Waals surface area contributed by atoms with E-state index in [-0.39, 0.29) is 11.3 Å². The van der Waals surface area contributed by atoms with Gasteiger partial charge in [-0.1, -0.05) is 12.1 Å². The van der Waals surface area contributed by atoms with Gasteiger partial charge in [-0.15, -0.1) is 0 Å². The van der Waals surface area contributed by atoms with Gasteiger partial charge in [-0.05, 0) is 24.3 Å². The van der Waals surface area contributed by atoms with Gasteiger partial charge in [0.15, 0.2) is 17.1 Å². The molecule has 0 spiro atoms. The van der Waals surface area contributed by atoms with Gasteiger partial charge in [0.05, 0.1) is 16.6 Å². The molecule has 1 aromatic carbocycles. The Kier molecular flexibility index (Phi) is 4.29. The molecule has 1 aliphatic rings. The van der Waals surface area contributed by atoms with Crippen molar-refractivity contribution in [2.24, 2.45) is 0 Å². The van der Waals surface area contributed by atoms with Crippen LogP contribution in [0.2, 0.25) is 0 Å². The fourth-order valence-electron chi connectivity index (χ4n) is 3.71. The summed E-state index contributed by atoms with van der Waals surface area (Å²) in [6.07, 6.45) is 6.14. The molecule has 7 heteroatoms. The molecule has 0 saturated heterocycles. The molecule has 2 N–H and O–H groups in total. The van der Waals surface area contributed by atoms with E-state index in [1.165, 1.54) is 0 Å². The summed E-state index contributed by atoms with van der Waals surface area (Å²) in [6, 6.07) is 11.0. The highest BCUT2D eigenvalue weighted by Gasteiger charge is 2.22. The number of pyridine rings is 1. The summed E-state index contributed by atoms with van der Waals surface area (Å²) in [4.78, 5) is 28.4. The van der Waals surface area contributed by atoms with E-state index >= 15 is 0 Å². The molecule has 1 aliphatic heterocycles. The third kappa shape index (κ3) is 3.25. The summed E-state index contributed by atoms with van der Waals surface area (Å²) in [5.41, 5.74) is 10.0. The van der Waals surface area contributed by atoms with Gasteiger partial charge < -0.3 is 10.2 Å². The summed E-state index contributed by atoms with van der Waals surface area (Å²) in [7, 11) is 0. The van der Waals surface area contributed by atoms with E-state index in [1.54, 1.807) is 24.5 Å². The molecule has 0 saturated carbocycles. The number of aromatic nitrogens is 3. The van der Waals surface area contributed by atoms with Crippen molar-refractivity contribution >= 4 is 16.9 Å². The fourth-order valence-corrected chi connectivity index (χ4v) is 3.71. The average molecular weight is 385 g/mol. The molecule has 0 aliphatic carbocycles. The topological polar surface area (TPSA) is 98.1 Å². The zero-order valence-corrected chi connectivity index (χ0v) is 15.7. The van der Waals surface area contributed by atoms with Gasteiger partial charge >= 0.3 is 0 Å². The van der Waals surface area contributed by atoms with E-state index in [0.29, 0.717) is 35.4 Å². The Morgan fingerprint density at radius 3 is 2.90 bits per heavy atom. The molecule has 0 amide bonds. The predicted molar refractivity (Wildman–Crippen MR) is 110 cm³/mol. The van der Waals surface area contributed by atoms with E-state index in [9.17, 15) is 4.79 Å². The molecule has 4 heterocycles. The molecule has 5 rings (SSSR count). The highest BCUT2D eigenvalue weighted by atomic mass is 16.3. The van der Waals surface area contributed by atoms with Crippen molar-refractivity contribution in [2.45, 2.75) is 19.5 Å². The Bertz CT molecular complexity index is 1250. The first-order valence-corrected chi connectivity index (χ1v) is 9.47. The number of nitrogens with two attached hydrogens (primary N) is 1. The van der Waals surface area contributed by atoms with E-state index in [0.717, 1.165) is 29.8 Å². The van der Waals surface area contributed by atoms with Crippen molar-refractivity contribution in [3.05, 3.63) is 82.0 Å². The third-order valence-corrected chi connectivity index (χ3v) is 5.24. The van der Waals surface area contributed by atoms with Gasteiger partial charge in [0.2, 0.25) is 0 Å². The number of hydrogen-bond donors (Lipinski definition) is 1. The van der Waals surface area contributed by atoms with Crippen LogP contribution in [0.1, 0.15) is 16.8 Å². The molecule has 7 nitrogen and oxygen atoms in total. The van der Waals surface area contributed by atoms with Crippen LogP contribution in [0.5, 0.6) is 0 Å². The molecule has 0 bridgehead atoms. The van der Waals surface area contributed by atoms with Crippen LogP contribution in [-0.4, -0.2) is 26.4 Å². The van der Waals surface area contributed by atoms with Crippen molar-refractivity contribution in [1.82, 2.24) is 19.9 Å². The summed E-state index contributed by atoms with van der Waals surface area (Å²) in [6.45, 7) is 1.87. The quantitative estimate of drug-likeness (QED) is 0.579. The Hall–Kier alpha value is -3.58. The van der Waals surface area contributed by atoms with E-state index in [1.807, 2.05) is 30.5 Å². The number of hydrogen-bond acceptors (Lipinski definition) is 7. The predicted octanol–water partition coefficient (Wildman–Crippen LogP) is 2.79. The number of benzene rings is 1. The number of nitrogen functional groups attached to an aromatic ring is 1. The lowest BCUT2D eigenvalue weighted by Gasteiger charge is -2.28. The average Bonchev–Trinajstić information content (AvgIpc) is 2.77. The van der Waals surface area contributed by atoms with Crippen LogP contribution in [0.15, 0.2) is 64.2 Å². The number of fused-ring (bicyclic) bond motifs is 2. The molecule has 0 unspecified atom stereocenters. The van der Waals surface area contributed by atoms with Crippen molar-refractivity contribution in [3.63, 3.8) is 0 Å². The van der Waals surface area contributed by atoms with E-state index in [4.69, 9.17) is 15.1 Å². The minimum absolute atomic E-state index is 0.0710. The summed E-state index contributed by atoms with van der Waals surface area (Å²) in [5.74, 6) is 0.868. The maximum Gasteiger partial charge on any atom is 0.199 e. The molecular formula is C22H19N5O2. The van der Waals surface area contributed by atoms with E-state index < -0.39 is 0 Å². The lowest BCUT2D eigenvalue weighted by atomic mass is 10.1. The molecule has 0 atom stereocenters. The summed E-state index contributed by atoms with van der Waals surface area (Å²) in [5, 5.41) is 0.554. The Labute approximate surface area is 166 Å². The normalized spacial score (nSPS) is 14.1. The van der Waals surface area contributed by atoms with E-state index in [2.05, 4.69) is 14.9 Å². The van der Waals surface area contributed by atoms with Crippen molar-refractivity contribution < 1.29 is 4.42 Å². The molecule has 3 aromatic heterocycles. The van der Waals surface area contributed by atoms with Gasteiger partial charge in [-0.25, -0.2) is 9.97 Å². The third-order valence-electron chi connectivity index (χ3n) is 5.24. The Morgan fingerprint density at radius 2 is 2.03 bits per heavy atom. The standard InChI is InChI=1S/C22H19N5O2/c23-21-17(20(28)16-5-1-2-6-19(16)29-21)13-27-9-7-18-15(12-27)11-25-22(26-18)14-4-3-8-24-10-14/h1-6,8,10-11H,7,9,12-13,23H2. The van der Waals surface area contributed by atoms with Gasteiger partial charge in [0, 0.05) is 55.8 Å². The first-order chi connectivity index (χ1) is 14.2. The lowest BCUT2D eigenvalue weighted by molar-refractivity contribution is 0.241. The number of rotatable bonds is 3. The zero-order valence-electron chi connectivity index (χ0n) is 15.7. The van der Waals surface area contributed by atoms with Crippen LogP contribution in [0.3, 0.4) is 0 Å². The van der Waals surface area contributed by atoms with Crippen molar-refractivity contribution in [3.8, 4) is 11.4 Å². The molecule has 29 heavy (non-hydrogen) atoms. The molecular weight excluding hydrogens is 366 g/mol. The molecule has 144 valence electrons. The highest BCUT2D eigenvalue weighted by molar-refractivity contribution is 5.78. The van der Waals surface area contributed by atoms with Gasteiger partial charge in [-0.3, -0.25) is 14.7 Å².